The third-order valence-electron chi connectivity index (χ3n) is 3.56. The zero-order valence-corrected chi connectivity index (χ0v) is 10.8. The van der Waals surface area contributed by atoms with Crippen molar-refractivity contribution in [2.75, 3.05) is 6.54 Å². The Kier molecular flexibility index (Phi) is 4.18. The summed E-state index contributed by atoms with van der Waals surface area (Å²) in [5.74, 6) is -0.116. The van der Waals surface area contributed by atoms with Gasteiger partial charge in [-0.05, 0) is 25.7 Å². The molecule has 1 atom stereocenters. The van der Waals surface area contributed by atoms with Crippen LogP contribution in [0.3, 0.4) is 0 Å². The van der Waals surface area contributed by atoms with Crippen LogP contribution in [0, 0.1) is 0 Å². The van der Waals surface area contributed by atoms with Crippen molar-refractivity contribution in [3.05, 3.63) is 34.2 Å². The second-order valence-electron chi connectivity index (χ2n) is 4.86. The maximum atomic E-state index is 12.4. The molecule has 1 N–H and O–H groups in total. The van der Waals surface area contributed by atoms with Crippen molar-refractivity contribution >= 4 is 5.91 Å². The van der Waals surface area contributed by atoms with Gasteiger partial charge in [0, 0.05) is 31.0 Å². The quantitative estimate of drug-likeness (QED) is 0.891. The number of aromatic amines is 1. The first-order valence-electron chi connectivity index (χ1n) is 6.72. The number of nitrogens with zero attached hydrogens (tertiary/aromatic N) is 1. The molecule has 1 amide bonds. The van der Waals surface area contributed by atoms with Crippen LogP contribution < -0.4 is 5.43 Å². The molecule has 1 aliphatic heterocycles. The molecule has 0 spiro atoms. The molecule has 18 heavy (non-hydrogen) atoms. The van der Waals surface area contributed by atoms with Crippen molar-refractivity contribution in [2.24, 2.45) is 0 Å². The van der Waals surface area contributed by atoms with Gasteiger partial charge in [0.1, 0.15) is 5.56 Å². The topological polar surface area (TPSA) is 53.2 Å². The Morgan fingerprint density at radius 1 is 1.50 bits per heavy atom. The summed E-state index contributed by atoms with van der Waals surface area (Å²) in [7, 11) is 0. The molecule has 0 bridgehead atoms. The van der Waals surface area contributed by atoms with Crippen LogP contribution in [-0.4, -0.2) is 28.4 Å². The first kappa shape index (κ1) is 12.9. The maximum Gasteiger partial charge on any atom is 0.259 e. The number of amides is 1. The normalized spacial score (nSPS) is 19.8. The minimum Gasteiger partial charge on any atom is -0.367 e. The molecule has 0 radical (unpaired) electrons. The van der Waals surface area contributed by atoms with E-state index in [-0.39, 0.29) is 16.9 Å². The highest BCUT2D eigenvalue weighted by Crippen LogP contribution is 2.22. The molecule has 1 fully saturated rings. The average molecular weight is 248 g/mol. The third kappa shape index (κ3) is 2.63. The van der Waals surface area contributed by atoms with E-state index in [1.54, 1.807) is 6.20 Å². The van der Waals surface area contributed by atoms with Crippen molar-refractivity contribution in [3.63, 3.8) is 0 Å². The monoisotopic (exact) mass is 248 g/mol. The highest BCUT2D eigenvalue weighted by Gasteiger charge is 2.27. The molecule has 0 aliphatic carbocycles. The predicted molar refractivity (Wildman–Crippen MR) is 70.6 cm³/mol. The standard InChI is InChI=1S/C14H20N2O2/c1-2-5-11-6-3-4-9-16(11)14(18)12-10-15-8-7-13(12)17/h7-8,10-11H,2-6,9H2,1H3,(H,15,17). The smallest absolute Gasteiger partial charge is 0.259 e. The molecular weight excluding hydrogens is 228 g/mol. The van der Waals surface area contributed by atoms with Gasteiger partial charge in [0.2, 0.25) is 0 Å². The van der Waals surface area contributed by atoms with Gasteiger partial charge in [-0.25, -0.2) is 0 Å². The van der Waals surface area contributed by atoms with Gasteiger partial charge in [0.25, 0.3) is 5.91 Å². The van der Waals surface area contributed by atoms with Gasteiger partial charge in [-0.15, -0.1) is 0 Å². The van der Waals surface area contributed by atoms with E-state index in [1.165, 1.54) is 18.7 Å². The number of aromatic nitrogens is 1. The molecule has 0 aromatic carbocycles. The van der Waals surface area contributed by atoms with Gasteiger partial charge >= 0.3 is 0 Å². The predicted octanol–water partition coefficient (Wildman–Crippen LogP) is 2.17. The molecule has 2 heterocycles. The van der Waals surface area contributed by atoms with Gasteiger partial charge in [-0.3, -0.25) is 9.59 Å². The molecule has 0 saturated carbocycles. The van der Waals surface area contributed by atoms with Crippen LogP contribution in [0.2, 0.25) is 0 Å². The van der Waals surface area contributed by atoms with Gasteiger partial charge in [-0.2, -0.15) is 0 Å². The minimum absolute atomic E-state index is 0.116. The lowest BCUT2D eigenvalue weighted by atomic mass is 9.97. The number of hydrogen-bond donors (Lipinski definition) is 1. The number of pyridine rings is 1. The Morgan fingerprint density at radius 2 is 2.33 bits per heavy atom. The summed E-state index contributed by atoms with van der Waals surface area (Å²) in [4.78, 5) is 28.8. The second kappa shape index (κ2) is 5.85. The van der Waals surface area contributed by atoms with Crippen LogP contribution >= 0.6 is 0 Å². The summed E-state index contributed by atoms with van der Waals surface area (Å²) in [6.45, 7) is 2.91. The Bertz CT molecular complexity index is 465. The van der Waals surface area contributed by atoms with Crippen LogP contribution in [-0.2, 0) is 0 Å². The number of carbonyl (C=O) groups excluding carboxylic acids is 1. The van der Waals surface area contributed by atoms with Gasteiger partial charge in [-0.1, -0.05) is 13.3 Å². The number of piperidine rings is 1. The van der Waals surface area contributed by atoms with E-state index >= 15 is 0 Å². The molecule has 2 rings (SSSR count). The van der Waals surface area contributed by atoms with Crippen molar-refractivity contribution in [2.45, 2.75) is 45.1 Å². The highest BCUT2D eigenvalue weighted by molar-refractivity contribution is 5.94. The van der Waals surface area contributed by atoms with E-state index in [2.05, 4.69) is 11.9 Å². The van der Waals surface area contributed by atoms with Crippen molar-refractivity contribution in [3.8, 4) is 0 Å². The second-order valence-corrected chi connectivity index (χ2v) is 4.86. The zero-order valence-electron chi connectivity index (χ0n) is 10.8. The highest BCUT2D eigenvalue weighted by atomic mass is 16.2. The van der Waals surface area contributed by atoms with Crippen LogP contribution in [0.15, 0.2) is 23.3 Å². The van der Waals surface area contributed by atoms with Crippen LogP contribution in [0.25, 0.3) is 0 Å². The van der Waals surface area contributed by atoms with E-state index in [1.807, 2.05) is 4.90 Å². The number of rotatable bonds is 3. The number of H-pyrrole nitrogens is 1. The van der Waals surface area contributed by atoms with Crippen LogP contribution in [0.5, 0.6) is 0 Å². The average Bonchev–Trinajstić information content (AvgIpc) is 2.40. The Hall–Kier alpha value is -1.58. The number of nitrogens with one attached hydrogen (secondary N) is 1. The van der Waals surface area contributed by atoms with Crippen LogP contribution in [0.4, 0.5) is 0 Å². The number of hydrogen-bond acceptors (Lipinski definition) is 2. The van der Waals surface area contributed by atoms with Crippen molar-refractivity contribution in [1.82, 2.24) is 9.88 Å². The van der Waals surface area contributed by atoms with E-state index in [9.17, 15) is 9.59 Å². The molecule has 1 aromatic rings. The fourth-order valence-electron chi connectivity index (χ4n) is 2.64. The molecule has 4 nitrogen and oxygen atoms in total. The Balaban J connectivity index is 2.21. The fraction of sp³-hybridized carbons (Fsp3) is 0.571. The van der Waals surface area contributed by atoms with Crippen LogP contribution in [0.1, 0.15) is 49.4 Å². The molecule has 1 aliphatic rings. The Labute approximate surface area is 107 Å². The van der Waals surface area contributed by atoms with E-state index in [0.29, 0.717) is 6.04 Å². The van der Waals surface area contributed by atoms with Crippen molar-refractivity contribution in [1.29, 1.82) is 0 Å². The van der Waals surface area contributed by atoms with Gasteiger partial charge in [0.15, 0.2) is 5.43 Å². The summed E-state index contributed by atoms with van der Waals surface area (Å²) in [5.41, 5.74) is 0.0695. The molecule has 4 heteroatoms. The maximum absolute atomic E-state index is 12.4. The number of likely N-dealkylation sites (tertiary alicyclic amines) is 1. The third-order valence-corrected chi connectivity index (χ3v) is 3.56. The summed E-state index contributed by atoms with van der Waals surface area (Å²) < 4.78 is 0. The van der Waals surface area contributed by atoms with E-state index in [4.69, 9.17) is 0 Å². The first-order chi connectivity index (χ1) is 8.74. The molecule has 98 valence electrons. The van der Waals surface area contributed by atoms with E-state index in [0.717, 1.165) is 32.2 Å². The molecule has 1 saturated heterocycles. The lowest BCUT2D eigenvalue weighted by molar-refractivity contribution is 0.0599. The SMILES string of the molecule is CCCC1CCCCN1C(=O)c1c[nH]ccc1=O. The molecular formula is C14H20N2O2. The first-order valence-corrected chi connectivity index (χ1v) is 6.72. The van der Waals surface area contributed by atoms with Gasteiger partial charge in [0.05, 0.1) is 0 Å². The van der Waals surface area contributed by atoms with Crippen molar-refractivity contribution < 1.29 is 4.79 Å². The summed E-state index contributed by atoms with van der Waals surface area (Å²) in [6, 6.07) is 1.71. The van der Waals surface area contributed by atoms with E-state index < -0.39 is 0 Å². The molecule has 1 aromatic heterocycles. The summed E-state index contributed by atoms with van der Waals surface area (Å²) >= 11 is 0. The molecule has 1 unspecified atom stereocenters. The summed E-state index contributed by atoms with van der Waals surface area (Å²) in [5, 5.41) is 0. The fourth-order valence-corrected chi connectivity index (χ4v) is 2.64. The lowest BCUT2D eigenvalue weighted by Gasteiger charge is -2.35. The lowest BCUT2D eigenvalue weighted by Crippen LogP contribution is -2.45. The van der Waals surface area contributed by atoms with Gasteiger partial charge < -0.3 is 9.88 Å². The largest absolute Gasteiger partial charge is 0.367 e. The number of carbonyl (C=O) groups is 1. The Morgan fingerprint density at radius 3 is 3.06 bits per heavy atom. The minimum atomic E-state index is -0.195. The summed E-state index contributed by atoms with van der Waals surface area (Å²) in [6.07, 6.45) is 8.44. The zero-order chi connectivity index (χ0) is 13.0.